The fourth-order valence-electron chi connectivity index (χ4n) is 7.95. The van der Waals surface area contributed by atoms with Gasteiger partial charge in [0, 0.05) is 58.3 Å². The zero-order valence-electron chi connectivity index (χ0n) is 26.9. The molecule has 242 valence electrons. The Morgan fingerprint density at radius 3 is 2.73 bits per heavy atom. The van der Waals surface area contributed by atoms with Crippen molar-refractivity contribution in [2.45, 2.75) is 62.1 Å². The van der Waals surface area contributed by atoms with Crippen LogP contribution in [0.5, 0.6) is 5.75 Å². The zero-order valence-corrected chi connectivity index (χ0v) is 27.7. The van der Waals surface area contributed by atoms with Gasteiger partial charge in [0.05, 0.1) is 24.8 Å². The number of anilines is 1. The van der Waals surface area contributed by atoms with Crippen LogP contribution in [0.2, 0.25) is 5.02 Å². The molecule has 1 N–H and O–H groups in total. The molecule has 1 spiro atoms. The first-order valence-corrected chi connectivity index (χ1v) is 16.6. The van der Waals surface area contributed by atoms with Crippen LogP contribution in [0.4, 0.5) is 5.69 Å². The van der Waals surface area contributed by atoms with E-state index in [1.54, 1.807) is 39.2 Å². The third-order valence-corrected chi connectivity index (χ3v) is 10.9. The van der Waals surface area contributed by atoms with Gasteiger partial charge < -0.3 is 29.3 Å². The van der Waals surface area contributed by atoms with Crippen molar-refractivity contribution in [1.29, 1.82) is 0 Å². The van der Waals surface area contributed by atoms with Crippen molar-refractivity contribution in [3.63, 3.8) is 0 Å². The van der Waals surface area contributed by atoms with Crippen molar-refractivity contribution in [2.24, 2.45) is 11.8 Å². The molecule has 0 radical (unpaired) electrons. The summed E-state index contributed by atoms with van der Waals surface area (Å²) in [6.07, 6.45) is 9.76. The van der Waals surface area contributed by atoms with Crippen molar-refractivity contribution in [3.8, 4) is 5.75 Å². The van der Waals surface area contributed by atoms with Crippen LogP contribution >= 0.6 is 11.6 Å². The predicted molar refractivity (Wildman–Crippen MR) is 176 cm³/mol. The number of ether oxygens (including phenoxy) is 2. The van der Waals surface area contributed by atoms with Crippen LogP contribution in [0.15, 0.2) is 48.6 Å². The van der Waals surface area contributed by atoms with Crippen LogP contribution in [0.1, 0.15) is 55.2 Å². The molecule has 9 heteroatoms. The smallest absolute Gasteiger partial charge is 0.259 e. The normalized spacial score (nSPS) is 30.8. The molecule has 2 heterocycles. The summed E-state index contributed by atoms with van der Waals surface area (Å²) in [6.45, 7) is 2.53. The number of hydrogen-bond acceptors (Lipinski definition) is 6. The van der Waals surface area contributed by atoms with Crippen LogP contribution in [0.25, 0.3) is 0 Å². The Kier molecular flexibility index (Phi) is 8.94. The van der Waals surface area contributed by atoms with Gasteiger partial charge in [-0.3, -0.25) is 9.59 Å². The zero-order chi connectivity index (χ0) is 31.9. The molecule has 1 saturated carbocycles. The molecule has 2 aromatic carbocycles. The molecule has 45 heavy (non-hydrogen) atoms. The molecule has 8 nitrogen and oxygen atoms in total. The Labute approximate surface area is 271 Å². The number of carbonyl (C=O) groups is 2. The second-order valence-electron chi connectivity index (χ2n) is 13.8. The minimum absolute atomic E-state index is 0.000935. The number of amides is 2. The Bertz CT molecular complexity index is 1480. The lowest BCUT2D eigenvalue weighted by molar-refractivity contribution is -0.156. The standard InChI is InChI=1S/C36H46ClN3O5/c1-38(2)34(42)36(43)20-33(41)39(3)17-6-5-9-31(44-4)28-13-10-25(28)21-40-22-35(23-45-32-15-11-26(36)19-30(32)40)16-7-8-24-18-27(37)12-14-29(24)35/h5,9,11-12,14-15,18-19,25,28,31,43H,6-8,10,13,16-17,20-23H2,1-4H3/b9-5-/t25-,28+,31-,35-,36+/m0/s1. The second kappa shape index (κ2) is 12.6. The molecule has 2 aromatic rings. The second-order valence-corrected chi connectivity index (χ2v) is 14.2. The maximum atomic E-state index is 13.6. The van der Waals surface area contributed by atoms with Crippen molar-refractivity contribution < 1.29 is 24.2 Å². The molecule has 0 unspecified atom stereocenters. The molecule has 0 saturated heterocycles. The van der Waals surface area contributed by atoms with E-state index < -0.39 is 11.5 Å². The summed E-state index contributed by atoms with van der Waals surface area (Å²) in [7, 11) is 6.71. The number of likely N-dealkylation sites (N-methyl/N-ethyl adjacent to an activating group) is 1. The maximum Gasteiger partial charge on any atom is 0.259 e. The Morgan fingerprint density at radius 2 is 2.00 bits per heavy atom. The molecule has 2 aliphatic carbocycles. The van der Waals surface area contributed by atoms with Gasteiger partial charge in [-0.2, -0.15) is 0 Å². The first-order chi connectivity index (χ1) is 21.5. The van der Waals surface area contributed by atoms with Gasteiger partial charge in [0.2, 0.25) is 5.91 Å². The number of carbonyl (C=O) groups excluding carboxylic acids is 2. The van der Waals surface area contributed by atoms with Crippen LogP contribution in [-0.4, -0.2) is 87.3 Å². The monoisotopic (exact) mass is 635 g/mol. The topological polar surface area (TPSA) is 82.5 Å². The minimum Gasteiger partial charge on any atom is -0.490 e. The van der Waals surface area contributed by atoms with E-state index in [4.69, 9.17) is 21.1 Å². The van der Waals surface area contributed by atoms with Crippen LogP contribution < -0.4 is 9.64 Å². The Morgan fingerprint density at radius 1 is 1.18 bits per heavy atom. The SMILES string of the molecule is CO[C@H]1/C=C\CCN(C)C(=O)C[C@](O)(C(=O)N(C)C)c2ccc3c(c2)N(C[C@@H]2CC[C@H]21)C[C@@]1(CCCc2cc(Cl)ccc21)CO3. The third kappa shape index (κ3) is 5.97. The van der Waals surface area contributed by atoms with E-state index in [0.29, 0.717) is 37.0 Å². The highest BCUT2D eigenvalue weighted by atomic mass is 35.5. The highest BCUT2D eigenvalue weighted by Gasteiger charge is 2.46. The van der Waals surface area contributed by atoms with Gasteiger partial charge in [0.25, 0.3) is 5.91 Å². The maximum absolute atomic E-state index is 13.6. The number of methoxy groups -OCH3 is 1. The fraction of sp³-hybridized carbons (Fsp3) is 0.556. The summed E-state index contributed by atoms with van der Waals surface area (Å²) in [5.74, 6) is 0.673. The fourth-order valence-corrected chi connectivity index (χ4v) is 8.15. The van der Waals surface area contributed by atoms with E-state index in [1.807, 2.05) is 18.2 Å². The number of benzene rings is 2. The van der Waals surface area contributed by atoms with Gasteiger partial charge in [-0.25, -0.2) is 0 Å². The Hall–Kier alpha value is -3.07. The van der Waals surface area contributed by atoms with E-state index >= 15 is 0 Å². The van der Waals surface area contributed by atoms with E-state index in [9.17, 15) is 14.7 Å². The van der Waals surface area contributed by atoms with Crippen molar-refractivity contribution in [1.82, 2.24) is 9.80 Å². The number of hydrogen-bond donors (Lipinski definition) is 1. The third-order valence-electron chi connectivity index (χ3n) is 10.7. The van der Waals surface area contributed by atoms with E-state index in [1.165, 1.54) is 16.0 Å². The number of rotatable bonds is 2. The lowest BCUT2D eigenvalue weighted by Gasteiger charge is -2.46. The molecule has 6 rings (SSSR count). The lowest BCUT2D eigenvalue weighted by Crippen LogP contribution is -2.50. The van der Waals surface area contributed by atoms with E-state index in [-0.39, 0.29) is 23.8 Å². The lowest BCUT2D eigenvalue weighted by atomic mass is 9.68. The molecule has 2 aliphatic heterocycles. The number of fused-ring (bicyclic) bond motifs is 4. The summed E-state index contributed by atoms with van der Waals surface area (Å²) in [4.78, 5) is 32.5. The number of nitrogens with zero attached hydrogens (tertiary/aromatic N) is 3. The molecular weight excluding hydrogens is 590 g/mol. The van der Waals surface area contributed by atoms with Gasteiger partial charge in [-0.15, -0.1) is 0 Å². The minimum atomic E-state index is -2.03. The summed E-state index contributed by atoms with van der Waals surface area (Å²) in [5.41, 5.74) is 1.53. The predicted octanol–water partition coefficient (Wildman–Crippen LogP) is 4.94. The van der Waals surface area contributed by atoms with Crippen LogP contribution in [0.3, 0.4) is 0 Å². The summed E-state index contributed by atoms with van der Waals surface area (Å²) in [6, 6.07) is 11.8. The Balaban J connectivity index is 1.48. The summed E-state index contributed by atoms with van der Waals surface area (Å²) in [5, 5.41) is 12.9. The molecular formula is C36H46ClN3O5. The molecule has 1 fully saturated rings. The number of aliphatic hydroxyl groups is 1. The molecule has 2 bridgehead atoms. The molecule has 2 amide bonds. The first kappa shape index (κ1) is 31.9. The van der Waals surface area contributed by atoms with Crippen molar-refractivity contribution in [3.05, 3.63) is 70.3 Å². The molecule has 0 aromatic heterocycles. The average molecular weight is 636 g/mol. The van der Waals surface area contributed by atoms with Gasteiger partial charge in [-0.05, 0) is 91.3 Å². The van der Waals surface area contributed by atoms with E-state index in [0.717, 1.165) is 61.7 Å². The van der Waals surface area contributed by atoms with Crippen molar-refractivity contribution >= 4 is 29.1 Å². The largest absolute Gasteiger partial charge is 0.490 e. The van der Waals surface area contributed by atoms with Gasteiger partial charge in [0.15, 0.2) is 5.60 Å². The molecule has 4 aliphatic rings. The average Bonchev–Trinajstić information content (AvgIpc) is 3.16. The van der Waals surface area contributed by atoms with E-state index in [2.05, 4.69) is 29.2 Å². The highest BCUT2D eigenvalue weighted by Crippen LogP contribution is 2.47. The quantitative estimate of drug-likeness (QED) is 0.471. The van der Waals surface area contributed by atoms with Gasteiger partial charge >= 0.3 is 0 Å². The van der Waals surface area contributed by atoms with Gasteiger partial charge in [-0.1, -0.05) is 35.9 Å². The summed E-state index contributed by atoms with van der Waals surface area (Å²) >= 11 is 6.45. The first-order valence-electron chi connectivity index (χ1n) is 16.2. The summed E-state index contributed by atoms with van der Waals surface area (Å²) < 4.78 is 12.7. The number of aryl methyl sites for hydroxylation is 1. The van der Waals surface area contributed by atoms with Crippen LogP contribution in [-0.2, 0) is 31.8 Å². The molecule has 5 atom stereocenters. The van der Waals surface area contributed by atoms with Gasteiger partial charge in [0.1, 0.15) is 5.75 Å². The number of halogens is 1. The highest BCUT2D eigenvalue weighted by molar-refractivity contribution is 6.30. The van der Waals surface area contributed by atoms with Crippen LogP contribution in [0, 0.1) is 11.8 Å². The van der Waals surface area contributed by atoms with Crippen molar-refractivity contribution in [2.75, 3.05) is 59.4 Å².